The van der Waals surface area contributed by atoms with Gasteiger partial charge in [-0.15, -0.1) is 0 Å². The lowest BCUT2D eigenvalue weighted by molar-refractivity contribution is -0.144. The van der Waals surface area contributed by atoms with E-state index in [-0.39, 0.29) is 17.5 Å². The van der Waals surface area contributed by atoms with Crippen LogP contribution in [0, 0.1) is 5.92 Å². The summed E-state index contributed by atoms with van der Waals surface area (Å²) in [7, 11) is 1.35. The standard InChI is InChI=1S/C35H44N2O3/c1-5-7-11-27-15-17-29(18-16-27)25-31(30-22-19-28(20-23-30)12-8-6-2)21-14-26(3)33(35(39)40-4)37-34(38)32-13-9-10-24-36-32/h9-10,13,15-20,22-26,33H,5-8,11-12,14,21H2,1-4H3,(H,37,38)/b31-25-/t26-,33-/m0/s1. The predicted molar refractivity (Wildman–Crippen MR) is 164 cm³/mol. The average Bonchev–Trinajstić information content (AvgIpc) is 3.00. The highest BCUT2D eigenvalue weighted by Gasteiger charge is 2.28. The van der Waals surface area contributed by atoms with Gasteiger partial charge >= 0.3 is 5.97 Å². The zero-order valence-corrected chi connectivity index (χ0v) is 24.5. The number of aryl methyl sites for hydroxylation is 2. The van der Waals surface area contributed by atoms with Gasteiger partial charge in [0, 0.05) is 6.20 Å². The molecule has 1 heterocycles. The Morgan fingerprint density at radius 1 is 0.900 bits per heavy atom. The number of carbonyl (C=O) groups is 2. The van der Waals surface area contributed by atoms with E-state index < -0.39 is 12.0 Å². The molecule has 0 saturated carbocycles. The van der Waals surface area contributed by atoms with Crippen molar-refractivity contribution in [3.8, 4) is 0 Å². The molecule has 0 saturated heterocycles. The Hall–Kier alpha value is -3.73. The lowest BCUT2D eigenvalue weighted by Crippen LogP contribution is -2.46. The summed E-state index contributed by atoms with van der Waals surface area (Å²) in [5.74, 6) is -0.988. The Labute approximate surface area is 240 Å². The molecule has 1 N–H and O–H groups in total. The molecule has 0 aliphatic carbocycles. The number of allylic oxidation sites excluding steroid dienone is 1. The molecule has 0 aliphatic rings. The minimum absolute atomic E-state index is 0.149. The lowest BCUT2D eigenvalue weighted by Gasteiger charge is -2.23. The Morgan fingerprint density at radius 2 is 1.52 bits per heavy atom. The summed E-state index contributed by atoms with van der Waals surface area (Å²) in [6.45, 7) is 6.41. The number of methoxy groups -OCH3 is 1. The maximum absolute atomic E-state index is 12.8. The first kappa shape index (κ1) is 30.8. The van der Waals surface area contributed by atoms with Gasteiger partial charge in [0.1, 0.15) is 11.7 Å². The lowest BCUT2D eigenvalue weighted by atomic mass is 9.90. The van der Waals surface area contributed by atoms with Gasteiger partial charge in [-0.3, -0.25) is 9.78 Å². The number of nitrogens with one attached hydrogen (secondary N) is 1. The third-order valence-corrected chi connectivity index (χ3v) is 7.36. The molecule has 0 radical (unpaired) electrons. The first-order valence-electron chi connectivity index (χ1n) is 14.6. The second kappa shape index (κ2) is 16.4. The largest absolute Gasteiger partial charge is 0.467 e. The van der Waals surface area contributed by atoms with Crippen LogP contribution in [-0.4, -0.2) is 30.0 Å². The third kappa shape index (κ3) is 9.48. The van der Waals surface area contributed by atoms with Gasteiger partial charge in [0.25, 0.3) is 5.91 Å². The highest BCUT2D eigenvalue weighted by Crippen LogP contribution is 2.27. The van der Waals surface area contributed by atoms with Gasteiger partial charge in [0.15, 0.2) is 0 Å². The number of amides is 1. The van der Waals surface area contributed by atoms with Crippen LogP contribution in [0.3, 0.4) is 0 Å². The van der Waals surface area contributed by atoms with E-state index in [4.69, 9.17) is 4.74 Å². The number of esters is 1. The first-order chi connectivity index (χ1) is 19.4. The monoisotopic (exact) mass is 540 g/mol. The van der Waals surface area contributed by atoms with Crippen molar-refractivity contribution in [2.75, 3.05) is 7.11 Å². The Morgan fingerprint density at radius 3 is 2.08 bits per heavy atom. The molecule has 0 spiro atoms. The normalized spacial score (nSPS) is 12.9. The number of unbranched alkanes of at least 4 members (excludes halogenated alkanes) is 2. The van der Waals surface area contributed by atoms with Crippen molar-refractivity contribution < 1.29 is 14.3 Å². The second-order valence-electron chi connectivity index (χ2n) is 10.5. The quantitative estimate of drug-likeness (QED) is 0.158. The van der Waals surface area contributed by atoms with E-state index >= 15 is 0 Å². The van der Waals surface area contributed by atoms with Gasteiger partial charge in [0.05, 0.1) is 7.11 Å². The minimum Gasteiger partial charge on any atom is -0.467 e. The van der Waals surface area contributed by atoms with Gasteiger partial charge in [-0.2, -0.15) is 0 Å². The van der Waals surface area contributed by atoms with Crippen LogP contribution < -0.4 is 5.32 Å². The number of benzene rings is 2. The second-order valence-corrected chi connectivity index (χ2v) is 10.5. The number of pyridine rings is 1. The van der Waals surface area contributed by atoms with E-state index in [0.717, 1.165) is 24.8 Å². The van der Waals surface area contributed by atoms with Crippen molar-refractivity contribution in [3.63, 3.8) is 0 Å². The molecule has 3 aromatic rings. The summed E-state index contributed by atoms with van der Waals surface area (Å²) < 4.78 is 5.05. The van der Waals surface area contributed by atoms with Crippen molar-refractivity contribution in [1.29, 1.82) is 0 Å². The molecule has 0 unspecified atom stereocenters. The summed E-state index contributed by atoms with van der Waals surface area (Å²) in [5.41, 5.74) is 6.52. The van der Waals surface area contributed by atoms with Crippen LogP contribution in [0.4, 0.5) is 0 Å². The molecule has 40 heavy (non-hydrogen) atoms. The van der Waals surface area contributed by atoms with Gasteiger partial charge < -0.3 is 10.1 Å². The Bertz CT molecular complexity index is 1220. The number of hydrogen-bond acceptors (Lipinski definition) is 4. The summed E-state index contributed by atoms with van der Waals surface area (Å²) in [5, 5.41) is 2.85. The van der Waals surface area contributed by atoms with Gasteiger partial charge in [-0.05, 0) is 84.4 Å². The Kier molecular flexibility index (Phi) is 12.6. The molecule has 2 atom stereocenters. The fourth-order valence-electron chi connectivity index (χ4n) is 4.75. The molecule has 5 heteroatoms. The van der Waals surface area contributed by atoms with Crippen molar-refractivity contribution in [3.05, 3.63) is 101 Å². The Balaban J connectivity index is 1.80. The topological polar surface area (TPSA) is 68.3 Å². The van der Waals surface area contributed by atoms with Crippen molar-refractivity contribution in [1.82, 2.24) is 10.3 Å². The van der Waals surface area contributed by atoms with E-state index in [1.54, 1.807) is 24.4 Å². The van der Waals surface area contributed by atoms with Crippen LogP contribution >= 0.6 is 0 Å². The van der Waals surface area contributed by atoms with E-state index in [0.29, 0.717) is 6.42 Å². The number of rotatable bonds is 15. The molecule has 2 aromatic carbocycles. The minimum atomic E-state index is -0.768. The molecule has 0 bridgehead atoms. The maximum atomic E-state index is 12.8. The van der Waals surface area contributed by atoms with Crippen LogP contribution in [0.2, 0.25) is 0 Å². The molecule has 0 aliphatic heterocycles. The zero-order valence-electron chi connectivity index (χ0n) is 24.5. The van der Waals surface area contributed by atoms with Crippen molar-refractivity contribution >= 4 is 23.5 Å². The van der Waals surface area contributed by atoms with Gasteiger partial charge in [-0.1, -0.05) is 94.3 Å². The maximum Gasteiger partial charge on any atom is 0.328 e. The van der Waals surface area contributed by atoms with Crippen LogP contribution in [0.5, 0.6) is 0 Å². The number of nitrogens with zero attached hydrogens (tertiary/aromatic N) is 1. The van der Waals surface area contributed by atoms with E-state index in [9.17, 15) is 9.59 Å². The van der Waals surface area contributed by atoms with Crippen LogP contribution in [0.15, 0.2) is 72.9 Å². The van der Waals surface area contributed by atoms with Crippen LogP contribution in [-0.2, 0) is 22.4 Å². The summed E-state index contributed by atoms with van der Waals surface area (Å²) >= 11 is 0. The predicted octanol–water partition coefficient (Wildman–Crippen LogP) is 7.70. The van der Waals surface area contributed by atoms with E-state index in [1.807, 2.05) is 6.92 Å². The first-order valence-corrected chi connectivity index (χ1v) is 14.6. The summed E-state index contributed by atoms with van der Waals surface area (Å²) in [4.78, 5) is 29.6. The number of carbonyl (C=O) groups excluding carboxylic acids is 2. The molecule has 1 amide bonds. The van der Waals surface area contributed by atoms with Gasteiger partial charge in [-0.25, -0.2) is 4.79 Å². The van der Waals surface area contributed by atoms with Crippen LogP contribution in [0.25, 0.3) is 11.6 Å². The molecule has 0 fully saturated rings. The van der Waals surface area contributed by atoms with Crippen molar-refractivity contribution in [2.45, 2.75) is 78.2 Å². The van der Waals surface area contributed by atoms with E-state index in [1.165, 1.54) is 55.1 Å². The van der Waals surface area contributed by atoms with E-state index in [2.05, 4.69) is 78.8 Å². The number of hydrogen-bond donors (Lipinski definition) is 1. The third-order valence-electron chi connectivity index (χ3n) is 7.36. The smallest absolute Gasteiger partial charge is 0.328 e. The molecular weight excluding hydrogens is 496 g/mol. The highest BCUT2D eigenvalue weighted by molar-refractivity contribution is 5.95. The van der Waals surface area contributed by atoms with Gasteiger partial charge in [0.2, 0.25) is 0 Å². The fraction of sp³-hybridized carbons (Fsp3) is 0.400. The molecule has 5 nitrogen and oxygen atoms in total. The fourth-order valence-corrected chi connectivity index (χ4v) is 4.75. The highest BCUT2D eigenvalue weighted by atomic mass is 16.5. The number of ether oxygens (including phenoxy) is 1. The average molecular weight is 541 g/mol. The molecule has 212 valence electrons. The zero-order chi connectivity index (χ0) is 28.7. The van der Waals surface area contributed by atoms with Crippen LogP contribution in [0.1, 0.15) is 92.0 Å². The van der Waals surface area contributed by atoms with Crippen molar-refractivity contribution in [2.24, 2.45) is 5.92 Å². The molecule has 1 aromatic heterocycles. The number of aromatic nitrogens is 1. The SMILES string of the molecule is CCCCc1ccc(/C=C(/CC[C@H](C)[C@H](NC(=O)c2ccccn2)C(=O)OC)c2ccc(CCCC)cc2)cc1. The molecular formula is C35H44N2O3. The summed E-state index contributed by atoms with van der Waals surface area (Å²) in [6, 6.07) is 22.0. The molecule has 3 rings (SSSR count). The summed E-state index contributed by atoms with van der Waals surface area (Å²) in [6.07, 6.45) is 12.2.